The van der Waals surface area contributed by atoms with Gasteiger partial charge in [0.25, 0.3) is 0 Å². The Morgan fingerprint density at radius 2 is 1.83 bits per heavy atom. The zero-order valence-electron chi connectivity index (χ0n) is 11.4. The molecule has 2 aromatic carbocycles. The Balaban J connectivity index is 2.53. The quantitative estimate of drug-likeness (QED) is 0.432. The summed E-state index contributed by atoms with van der Waals surface area (Å²) in [7, 11) is 0. The van der Waals surface area contributed by atoms with Crippen LogP contribution in [0.25, 0.3) is 0 Å². The zero-order chi connectivity index (χ0) is 17.2. The number of hydrogen-bond acceptors (Lipinski definition) is 2. The first kappa shape index (κ1) is 17.6. The van der Waals surface area contributed by atoms with E-state index in [-0.39, 0.29) is 28.2 Å². The number of rotatable bonds is 4. The summed E-state index contributed by atoms with van der Waals surface area (Å²) < 4.78 is 53.0. The molecule has 1 atom stereocenters. The van der Waals surface area contributed by atoms with Crippen molar-refractivity contribution in [2.45, 2.75) is 17.2 Å². The Labute approximate surface area is 139 Å². The van der Waals surface area contributed by atoms with E-state index in [0.29, 0.717) is 11.0 Å². The molecule has 0 aliphatic carbocycles. The highest BCUT2D eigenvalue weighted by molar-refractivity contribution is 7.80. The smallest absolute Gasteiger partial charge is 0.328 e. The van der Waals surface area contributed by atoms with Crippen LogP contribution in [0.4, 0.5) is 23.2 Å². The predicted molar refractivity (Wildman–Crippen MR) is 82.8 cm³/mol. The Morgan fingerprint density at radius 1 is 1.13 bits per heavy atom. The first-order valence-corrected chi connectivity index (χ1v) is 7.10. The van der Waals surface area contributed by atoms with Crippen LogP contribution in [0.15, 0.2) is 41.3 Å². The largest absolute Gasteiger partial charge is 0.416 e. The van der Waals surface area contributed by atoms with E-state index in [2.05, 4.69) is 17.9 Å². The van der Waals surface area contributed by atoms with Crippen LogP contribution in [0.2, 0.25) is 5.02 Å². The third-order valence-corrected chi connectivity index (χ3v) is 3.77. The molecule has 122 valence electrons. The second-order valence-corrected chi connectivity index (χ2v) is 5.55. The third-order valence-electron chi connectivity index (χ3n) is 3.13. The maximum atomic E-state index is 14.8. The van der Waals surface area contributed by atoms with Crippen molar-refractivity contribution in [3.8, 4) is 0 Å². The van der Waals surface area contributed by atoms with Crippen LogP contribution < -0.4 is 5.32 Å². The van der Waals surface area contributed by atoms with Gasteiger partial charge in [-0.25, -0.2) is 4.39 Å². The van der Waals surface area contributed by atoms with Gasteiger partial charge in [-0.15, -0.1) is 12.6 Å². The SMILES string of the molecule is O=CNc1cc(C(F)(F)F)ccc1C(F)c1cc(Cl)ccc1S. The molecular formula is C15H10ClF4NOS. The van der Waals surface area contributed by atoms with Crippen molar-refractivity contribution in [3.63, 3.8) is 0 Å². The van der Waals surface area contributed by atoms with Crippen LogP contribution in [0.3, 0.4) is 0 Å². The van der Waals surface area contributed by atoms with Crippen LogP contribution >= 0.6 is 24.2 Å². The number of anilines is 1. The van der Waals surface area contributed by atoms with Crippen molar-refractivity contribution in [1.82, 2.24) is 0 Å². The molecule has 23 heavy (non-hydrogen) atoms. The van der Waals surface area contributed by atoms with Crippen LogP contribution in [0.5, 0.6) is 0 Å². The number of nitrogens with one attached hydrogen (secondary N) is 1. The van der Waals surface area contributed by atoms with Gasteiger partial charge in [0, 0.05) is 26.7 Å². The van der Waals surface area contributed by atoms with Gasteiger partial charge in [0.05, 0.1) is 5.56 Å². The van der Waals surface area contributed by atoms with Gasteiger partial charge < -0.3 is 5.32 Å². The Bertz CT molecular complexity index is 736. The lowest BCUT2D eigenvalue weighted by Crippen LogP contribution is -2.09. The monoisotopic (exact) mass is 363 g/mol. The van der Waals surface area contributed by atoms with Crippen molar-refractivity contribution >= 4 is 36.3 Å². The van der Waals surface area contributed by atoms with Gasteiger partial charge in [0.2, 0.25) is 6.41 Å². The predicted octanol–water partition coefficient (Wildman–Crippen LogP) is 5.27. The van der Waals surface area contributed by atoms with Crippen LogP contribution in [-0.4, -0.2) is 6.41 Å². The molecule has 0 aromatic heterocycles. The van der Waals surface area contributed by atoms with Crippen molar-refractivity contribution in [2.24, 2.45) is 0 Å². The van der Waals surface area contributed by atoms with Crippen LogP contribution in [-0.2, 0) is 11.0 Å². The summed E-state index contributed by atoms with van der Waals surface area (Å²) in [6, 6.07) is 6.73. The second kappa shape index (κ2) is 6.80. The molecule has 8 heteroatoms. The van der Waals surface area contributed by atoms with Gasteiger partial charge in [0.15, 0.2) is 6.17 Å². The first-order chi connectivity index (χ1) is 10.7. The molecule has 0 saturated carbocycles. The molecule has 0 heterocycles. The minimum atomic E-state index is -4.60. The van der Waals surface area contributed by atoms with Crippen molar-refractivity contribution in [1.29, 1.82) is 0 Å². The number of thiol groups is 1. The summed E-state index contributed by atoms with van der Waals surface area (Å²) in [5, 5.41) is 2.36. The highest BCUT2D eigenvalue weighted by Gasteiger charge is 2.32. The van der Waals surface area contributed by atoms with E-state index in [1.54, 1.807) is 0 Å². The molecule has 0 radical (unpaired) electrons. The lowest BCUT2D eigenvalue weighted by atomic mass is 9.99. The lowest BCUT2D eigenvalue weighted by Gasteiger charge is -2.17. The summed E-state index contributed by atoms with van der Waals surface area (Å²) in [6.45, 7) is 0. The van der Waals surface area contributed by atoms with Crippen molar-refractivity contribution < 1.29 is 22.4 Å². The van der Waals surface area contributed by atoms with E-state index in [1.165, 1.54) is 18.2 Å². The molecule has 1 unspecified atom stereocenters. The van der Waals surface area contributed by atoms with Crippen molar-refractivity contribution in [2.75, 3.05) is 5.32 Å². The molecule has 2 nitrogen and oxygen atoms in total. The number of carbonyl (C=O) groups excluding carboxylic acids is 1. The number of carbonyl (C=O) groups is 1. The van der Waals surface area contributed by atoms with Crippen LogP contribution in [0, 0.1) is 0 Å². The number of alkyl halides is 4. The minimum absolute atomic E-state index is 0.0922. The fourth-order valence-electron chi connectivity index (χ4n) is 2.04. The first-order valence-electron chi connectivity index (χ1n) is 6.28. The molecule has 0 bridgehead atoms. The Morgan fingerprint density at radius 3 is 2.43 bits per heavy atom. The van der Waals surface area contributed by atoms with Crippen LogP contribution in [0.1, 0.15) is 22.9 Å². The topological polar surface area (TPSA) is 29.1 Å². The standard InChI is InChI=1S/C15H10ClF4NOS/c16-9-2-4-13(23)11(6-9)14(17)10-3-1-8(15(18,19)20)5-12(10)21-7-22/h1-7,14,23H,(H,21,22). The molecule has 1 N–H and O–H groups in total. The highest BCUT2D eigenvalue weighted by Crippen LogP contribution is 2.39. The molecular weight excluding hydrogens is 354 g/mol. The van der Waals surface area contributed by atoms with Gasteiger partial charge in [-0.05, 0) is 30.3 Å². The minimum Gasteiger partial charge on any atom is -0.328 e. The molecule has 0 aliphatic rings. The van der Waals surface area contributed by atoms with E-state index >= 15 is 0 Å². The number of hydrogen-bond donors (Lipinski definition) is 2. The molecule has 0 fully saturated rings. The number of amides is 1. The van der Waals surface area contributed by atoms with Gasteiger partial charge in [-0.1, -0.05) is 17.7 Å². The highest BCUT2D eigenvalue weighted by atomic mass is 35.5. The fraction of sp³-hybridized carbons (Fsp3) is 0.133. The summed E-state index contributed by atoms with van der Waals surface area (Å²) in [4.78, 5) is 10.9. The number of halogens is 5. The fourth-order valence-corrected chi connectivity index (χ4v) is 2.47. The normalized spacial score (nSPS) is 12.8. The van der Waals surface area contributed by atoms with E-state index in [9.17, 15) is 22.4 Å². The summed E-state index contributed by atoms with van der Waals surface area (Å²) in [5.41, 5.74) is -1.29. The Hall–Kier alpha value is -1.73. The maximum Gasteiger partial charge on any atom is 0.416 e. The molecule has 1 amide bonds. The van der Waals surface area contributed by atoms with E-state index in [1.807, 2.05) is 0 Å². The summed E-state index contributed by atoms with van der Waals surface area (Å²) in [5.74, 6) is 0. The average Bonchev–Trinajstić information content (AvgIpc) is 2.48. The average molecular weight is 364 g/mol. The summed E-state index contributed by atoms with van der Waals surface area (Å²) in [6.07, 6.45) is -6.22. The van der Waals surface area contributed by atoms with Gasteiger partial charge in [-0.3, -0.25) is 4.79 Å². The second-order valence-electron chi connectivity index (χ2n) is 4.63. The number of benzene rings is 2. The van der Waals surface area contributed by atoms with E-state index in [0.717, 1.165) is 12.1 Å². The van der Waals surface area contributed by atoms with Gasteiger partial charge >= 0.3 is 6.18 Å². The summed E-state index contributed by atoms with van der Waals surface area (Å²) >= 11 is 9.93. The maximum absolute atomic E-state index is 14.8. The van der Waals surface area contributed by atoms with Crippen molar-refractivity contribution in [3.05, 3.63) is 58.1 Å². The van der Waals surface area contributed by atoms with Gasteiger partial charge in [0.1, 0.15) is 0 Å². The zero-order valence-corrected chi connectivity index (χ0v) is 13.0. The van der Waals surface area contributed by atoms with E-state index < -0.39 is 17.9 Å². The molecule has 0 saturated heterocycles. The lowest BCUT2D eigenvalue weighted by molar-refractivity contribution is -0.137. The molecule has 0 spiro atoms. The molecule has 2 rings (SSSR count). The Kier molecular flexibility index (Phi) is 5.21. The van der Waals surface area contributed by atoms with E-state index in [4.69, 9.17) is 11.6 Å². The molecule has 2 aromatic rings. The third kappa shape index (κ3) is 3.97. The molecule has 0 aliphatic heterocycles. The van der Waals surface area contributed by atoms with Gasteiger partial charge in [-0.2, -0.15) is 13.2 Å².